The van der Waals surface area contributed by atoms with Crippen LogP contribution < -0.4 is 10.1 Å². The Labute approximate surface area is 128 Å². The Balaban J connectivity index is 2.10. The summed E-state index contributed by atoms with van der Waals surface area (Å²) >= 11 is 6.10. The molecule has 4 heteroatoms. The second-order valence-electron chi connectivity index (χ2n) is 4.85. The average Bonchev–Trinajstić information content (AvgIpc) is 2.48. The number of nitrogens with zero attached hydrogens (tertiary/aromatic N) is 1. The Kier molecular flexibility index (Phi) is 3.67. The van der Waals surface area contributed by atoms with Crippen molar-refractivity contribution in [2.75, 3.05) is 12.4 Å². The van der Waals surface area contributed by atoms with Gasteiger partial charge >= 0.3 is 0 Å². The topological polar surface area (TPSA) is 34.1 Å². The first-order chi connectivity index (χ1) is 10.2. The van der Waals surface area contributed by atoms with Crippen LogP contribution in [0.3, 0.4) is 0 Å². The van der Waals surface area contributed by atoms with Gasteiger partial charge in [-0.15, -0.1) is 0 Å². The molecule has 0 atom stereocenters. The molecule has 0 aliphatic heterocycles. The van der Waals surface area contributed by atoms with E-state index in [2.05, 4.69) is 16.4 Å². The van der Waals surface area contributed by atoms with Crippen LogP contribution in [0, 0.1) is 6.92 Å². The molecule has 0 bridgehead atoms. The number of rotatable bonds is 3. The van der Waals surface area contributed by atoms with Crippen LogP contribution in [0.15, 0.2) is 48.7 Å². The highest BCUT2D eigenvalue weighted by molar-refractivity contribution is 6.31. The highest BCUT2D eigenvalue weighted by Gasteiger charge is 2.07. The first kappa shape index (κ1) is 13.7. The minimum Gasteiger partial charge on any atom is -0.495 e. The predicted octanol–water partition coefficient (Wildman–Crippen LogP) is 4.95. The smallest absolute Gasteiger partial charge is 0.142 e. The lowest BCUT2D eigenvalue weighted by molar-refractivity contribution is 0.416. The molecule has 21 heavy (non-hydrogen) atoms. The number of hydrogen-bond donors (Lipinski definition) is 1. The quantitative estimate of drug-likeness (QED) is 0.743. The van der Waals surface area contributed by atoms with Gasteiger partial charge in [-0.3, -0.25) is 4.98 Å². The van der Waals surface area contributed by atoms with Crippen LogP contribution in [-0.4, -0.2) is 12.1 Å². The molecule has 106 valence electrons. The molecule has 0 saturated heterocycles. The first-order valence-electron chi connectivity index (χ1n) is 6.63. The van der Waals surface area contributed by atoms with E-state index in [1.165, 1.54) is 0 Å². The molecule has 0 aliphatic carbocycles. The van der Waals surface area contributed by atoms with E-state index in [9.17, 15) is 0 Å². The van der Waals surface area contributed by atoms with Crippen molar-refractivity contribution in [2.45, 2.75) is 6.92 Å². The fourth-order valence-corrected chi connectivity index (χ4v) is 2.46. The average molecular weight is 299 g/mol. The van der Waals surface area contributed by atoms with E-state index >= 15 is 0 Å². The van der Waals surface area contributed by atoms with Crippen LogP contribution in [0.4, 0.5) is 11.4 Å². The zero-order valence-corrected chi connectivity index (χ0v) is 12.6. The number of hydrogen-bond acceptors (Lipinski definition) is 3. The highest BCUT2D eigenvalue weighted by Crippen LogP contribution is 2.32. The lowest BCUT2D eigenvalue weighted by Crippen LogP contribution is -1.96. The number of benzene rings is 2. The van der Waals surface area contributed by atoms with Crippen LogP contribution in [0.2, 0.25) is 5.02 Å². The van der Waals surface area contributed by atoms with Gasteiger partial charge in [0, 0.05) is 22.3 Å². The van der Waals surface area contributed by atoms with E-state index in [1.807, 2.05) is 43.3 Å². The number of fused-ring (bicyclic) bond motifs is 1. The molecular weight excluding hydrogens is 284 g/mol. The molecule has 1 heterocycles. The maximum atomic E-state index is 6.10. The molecule has 3 nitrogen and oxygen atoms in total. The van der Waals surface area contributed by atoms with Gasteiger partial charge in [0.15, 0.2) is 0 Å². The van der Waals surface area contributed by atoms with Gasteiger partial charge in [-0.2, -0.15) is 0 Å². The van der Waals surface area contributed by atoms with Crippen molar-refractivity contribution in [3.8, 4) is 5.75 Å². The summed E-state index contributed by atoms with van der Waals surface area (Å²) in [5.41, 5.74) is 3.93. The van der Waals surface area contributed by atoms with Crippen LogP contribution >= 0.6 is 11.6 Å². The summed E-state index contributed by atoms with van der Waals surface area (Å²) < 4.78 is 5.40. The van der Waals surface area contributed by atoms with Crippen molar-refractivity contribution in [3.63, 3.8) is 0 Å². The van der Waals surface area contributed by atoms with E-state index in [-0.39, 0.29) is 0 Å². The molecule has 3 rings (SSSR count). The van der Waals surface area contributed by atoms with Crippen LogP contribution in [0.25, 0.3) is 10.9 Å². The monoisotopic (exact) mass is 298 g/mol. The second kappa shape index (κ2) is 5.62. The number of aromatic nitrogens is 1. The zero-order chi connectivity index (χ0) is 14.8. The maximum absolute atomic E-state index is 6.10. The summed E-state index contributed by atoms with van der Waals surface area (Å²) in [7, 11) is 1.66. The summed E-state index contributed by atoms with van der Waals surface area (Å²) in [5, 5.41) is 5.08. The van der Waals surface area contributed by atoms with Gasteiger partial charge in [0.1, 0.15) is 5.75 Å². The molecule has 0 spiro atoms. The molecule has 0 radical (unpaired) electrons. The predicted molar refractivity (Wildman–Crippen MR) is 87.8 cm³/mol. The first-order valence-corrected chi connectivity index (χ1v) is 7.01. The van der Waals surface area contributed by atoms with Gasteiger partial charge in [-0.25, -0.2) is 0 Å². The molecule has 3 aromatic rings. The summed E-state index contributed by atoms with van der Waals surface area (Å²) in [6.45, 7) is 2.05. The van der Waals surface area contributed by atoms with Crippen LogP contribution in [-0.2, 0) is 0 Å². The summed E-state index contributed by atoms with van der Waals surface area (Å²) in [6, 6.07) is 13.6. The summed E-state index contributed by atoms with van der Waals surface area (Å²) in [4.78, 5) is 4.35. The van der Waals surface area contributed by atoms with Crippen molar-refractivity contribution in [1.82, 2.24) is 4.98 Å². The number of pyridine rings is 1. The molecule has 0 unspecified atom stereocenters. The summed E-state index contributed by atoms with van der Waals surface area (Å²) in [6.07, 6.45) is 1.78. The second-order valence-corrected chi connectivity index (χ2v) is 5.29. The highest BCUT2D eigenvalue weighted by atomic mass is 35.5. The van der Waals surface area contributed by atoms with Gasteiger partial charge in [0.05, 0.1) is 18.3 Å². The number of halogens is 1. The fourth-order valence-electron chi connectivity index (χ4n) is 2.29. The Bertz CT molecular complexity index is 802. The van der Waals surface area contributed by atoms with Gasteiger partial charge in [0.25, 0.3) is 0 Å². The van der Waals surface area contributed by atoms with Gasteiger partial charge < -0.3 is 10.1 Å². The largest absolute Gasteiger partial charge is 0.495 e. The van der Waals surface area contributed by atoms with Crippen LogP contribution in [0.1, 0.15) is 5.56 Å². The Hall–Kier alpha value is -2.26. The number of methoxy groups -OCH3 is 1. The molecule has 0 amide bonds. The van der Waals surface area contributed by atoms with Crippen molar-refractivity contribution in [2.24, 2.45) is 0 Å². The third-order valence-corrected chi connectivity index (χ3v) is 3.56. The van der Waals surface area contributed by atoms with E-state index < -0.39 is 0 Å². The number of anilines is 2. The number of aryl methyl sites for hydroxylation is 1. The van der Waals surface area contributed by atoms with Gasteiger partial charge in [0.2, 0.25) is 0 Å². The minimum atomic E-state index is 0.690. The van der Waals surface area contributed by atoms with E-state index in [0.717, 1.165) is 33.6 Å². The Morgan fingerprint density at radius 3 is 2.71 bits per heavy atom. The van der Waals surface area contributed by atoms with Crippen molar-refractivity contribution < 1.29 is 4.74 Å². The number of nitrogens with one attached hydrogen (secondary N) is 1. The van der Waals surface area contributed by atoms with Crippen LogP contribution in [0.5, 0.6) is 5.75 Å². The lowest BCUT2D eigenvalue weighted by Gasteiger charge is -2.13. The van der Waals surface area contributed by atoms with E-state index in [0.29, 0.717) is 5.02 Å². The summed E-state index contributed by atoms with van der Waals surface area (Å²) in [5.74, 6) is 0.799. The third-order valence-electron chi connectivity index (χ3n) is 3.33. The van der Waals surface area contributed by atoms with Crippen molar-refractivity contribution in [3.05, 3.63) is 59.2 Å². The lowest BCUT2D eigenvalue weighted by atomic mass is 10.1. The normalized spacial score (nSPS) is 10.6. The fraction of sp³-hybridized carbons (Fsp3) is 0.118. The molecule has 2 aromatic carbocycles. The van der Waals surface area contributed by atoms with Gasteiger partial charge in [-0.05, 0) is 48.9 Å². The minimum absolute atomic E-state index is 0.690. The zero-order valence-electron chi connectivity index (χ0n) is 11.9. The SMILES string of the molecule is COc1ccc(C)cc1Nc1ccnc2ccc(Cl)cc12. The standard InChI is InChI=1S/C17H15ClN2O/c1-11-3-6-17(21-2)16(9-11)20-15-7-8-19-14-5-4-12(18)10-13(14)15/h3-10H,1-2H3,(H,19,20). The molecule has 0 aliphatic rings. The van der Waals surface area contributed by atoms with E-state index in [1.54, 1.807) is 13.3 Å². The molecule has 1 aromatic heterocycles. The third kappa shape index (κ3) is 2.78. The van der Waals surface area contributed by atoms with Crippen molar-refractivity contribution >= 4 is 33.9 Å². The Morgan fingerprint density at radius 2 is 1.90 bits per heavy atom. The number of ether oxygens (including phenoxy) is 1. The van der Waals surface area contributed by atoms with Gasteiger partial charge in [-0.1, -0.05) is 17.7 Å². The molecule has 1 N–H and O–H groups in total. The molecular formula is C17H15ClN2O. The molecule has 0 fully saturated rings. The molecule has 0 saturated carbocycles. The maximum Gasteiger partial charge on any atom is 0.142 e. The Morgan fingerprint density at radius 1 is 1.05 bits per heavy atom. The van der Waals surface area contributed by atoms with E-state index in [4.69, 9.17) is 16.3 Å². The van der Waals surface area contributed by atoms with Crippen molar-refractivity contribution in [1.29, 1.82) is 0 Å².